The standard InChI is InChI=1S/C31H31N3O8S/c1-22-10-12-23(13-11-22)43(39,40)32(14-18-41-20-16-33-28(35)24-6-2-3-7-25(24)29(33)36)15-19-42-21-17-34-30(37)26-8-4-5-9-27(26)31(34)38/h2-13H,14-21H2,1H3. The van der Waals surface area contributed by atoms with Crippen molar-refractivity contribution in [3.05, 3.63) is 101 Å². The fraction of sp³-hybridized carbons (Fsp3) is 0.290. The summed E-state index contributed by atoms with van der Waals surface area (Å²) in [6.45, 7) is 2.06. The monoisotopic (exact) mass is 605 g/mol. The van der Waals surface area contributed by atoms with Crippen LogP contribution in [0.5, 0.6) is 0 Å². The first-order valence-corrected chi connectivity index (χ1v) is 15.3. The number of ether oxygens (including phenoxy) is 2. The lowest BCUT2D eigenvalue weighted by molar-refractivity contribution is 0.0530. The zero-order valence-electron chi connectivity index (χ0n) is 23.6. The SMILES string of the molecule is Cc1ccc(S(=O)(=O)N(CCOCCN2C(=O)c3ccccc3C2=O)CCOCCN2C(=O)c3ccccc3C2=O)cc1. The van der Waals surface area contributed by atoms with Crippen molar-refractivity contribution in [2.75, 3.05) is 52.6 Å². The second-order valence-electron chi connectivity index (χ2n) is 10.1. The van der Waals surface area contributed by atoms with Gasteiger partial charge in [-0.25, -0.2) is 8.42 Å². The molecule has 11 nitrogen and oxygen atoms in total. The Bertz CT molecular complexity index is 1500. The van der Waals surface area contributed by atoms with Crippen LogP contribution >= 0.6 is 0 Å². The molecule has 0 spiro atoms. The first kappa shape index (κ1) is 30.2. The molecule has 0 bridgehead atoms. The fourth-order valence-corrected chi connectivity index (χ4v) is 6.35. The van der Waals surface area contributed by atoms with Gasteiger partial charge in [-0.05, 0) is 43.3 Å². The molecule has 3 aromatic rings. The minimum Gasteiger partial charge on any atom is -0.378 e. The first-order valence-electron chi connectivity index (χ1n) is 13.8. The molecule has 2 heterocycles. The highest BCUT2D eigenvalue weighted by atomic mass is 32.2. The van der Waals surface area contributed by atoms with E-state index in [1.54, 1.807) is 60.7 Å². The Labute approximate surface area is 249 Å². The number of sulfonamides is 1. The molecule has 0 fully saturated rings. The maximum absolute atomic E-state index is 13.4. The van der Waals surface area contributed by atoms with Crippen molar-refractivity contribution < 1.29 is 37.1 Å². The molecule has 12 heteroatoms. The molecule has 0 aliphatic carbocycles. The summed E-state index contributed by atoms with van der Waals surface area (Å²) in [5, 5.41) is 0. The van der Waals surface area contributed by atoms with E-state index in [1.807, 2.05) is 6.92 Å². The Morgan fingerprint density at radius 1 is 0.581 bits per heavy atom. The molecule has 2 aliphatic rings. The molecular formula is C31H31N3O8S. The number of benzene rings is 3. The highest BCUT2D eigenvalue weighted by Crippen LogP contribution is 2.23. The van der Waals surface area contributed by atoms with Crippen molar-refractivity contribution >= 4 is 33.7 Å². The van der Waals surface area contributed by atoms with Gasteiger partial charge >= 0.3 is 0 Å². The van der Waals surface area contributed by atoms with Gasteiger partial charge in [-0.15, -0.1) is 0 Å². The topological polar surface area (TPSA) is 131 Å². The summed E-state index contributed by atoms with van der Waals surface area (Å²) >= 11 is 0. The molecule has 0 unspecified atom stereocenters. The predicted molar refractivity (Wildman–Crippen MR) is 155 cm³/mol. The van der Waals surface area contributed by atoms with Gasteiger partial charge in [-0.3, -0.25) is 29.0 Å². The molecule has 0 N–H and O–H groups in total. The maximum Gasteiger partial charge on any atom is 0.261 e. The number of nitrogens with zero attached hydrogens (tertiary/aromatic N) is 3. The van der Waals surface area contributed by atoms with E-state index < -0.39 is 10.0 Å². The quantitative estimate of drug-likeness (QED) is 0.203. The lowest BCUT2D eigenvalue weighted by Crippen LogP contribution is -2.38. The van der Waals surface area contributed by atoms with E-state index in [9.17, 15) is 27.6 Å². The number of hydrogen-bond acceptors (Lipinski definition) is 8. The number of carbonyl (C=O) groups excluding carboxylic acids is 4. The number of hydrogen-bond donors (Lipinski definition) is 0. The van der Waals surface area contributed by atoms with Crippen molar-refractivity contribution in [3.63, 3.8) is 0 Å². The lowest BCUT2D eigenvalue weighted by Gasteiger charge is -2.23. The van der Waals surface area contributed by atoms with Crippen LogP contribution in [0.2, 0.25) is 0 Å². The predicted octanol–water partition coefficient (Wildman–Crippen LogP) is 2.61. The molecule has 3 aromatic carbocycles. The van der Waals surface area contributed by atoms with E-state index >= 15 is 0 Å². The molecule has 0 atom stereocenters. The van der Waals surface area contributed by atoms with Gasteiger partial charge in [0.2, 0.25) is 10.0 Å². The maximum atomic E-state index is 13.4. The summed E-state index contributed by atoms with van der Waals surface area (Å²) in [6.07, 6.45) is 0. The summed E-state index contributed by atoms with van der Waals surface area (Å²) in [4.78, 5) is 52.6. The molecule has 224 valence electrons. The van der Waals surface area contributed by atoms with Crippen molar-refractivity contribution in [1.82, 2.24) is 14.1 Å². The molecule has 2 aliphatic heterocycles. The number of aryl methyl sites for hydroxylation is 1. The van der Waals surface area contributed by atoms with E-state index in [4.69, 9.17) is 9.47 Å². The summed E-state index contributed by atoms with van der Waals surface area (Å²) < 4.78 is 39.4. The molecule has 5 rings (SSSR count). The second-order valence-corrected chi connectivity index (χ2v) is 12.0. The third-order valence-electron chi connectivity index (χ3n) is 7.30. The third-order valence-corrected chi connectivity index (χ3v) is 9.22. The van der Waals surface area contributed by atoms with Crippen LogP contribution < -0.4 is 0 Å². The van der Waals surface area contributed by atoms with Crippen LogP contribution in [0.4, 0.5) is 0 Å². The summed E-state index contributed by atoms with van der Waals surface area (Å²) in [6, 6.07) is 19.7. The fourth-order valence-electron chi connectivity index (χ4n) is 4.94. The second kappa shape index (κ2) is 13.0. The molecule has 0 saturated carbocycles. The minimum absolute atomic E-state index is 0.0000937. The van der Waals surface area contributed by atoms with E-state index in [-0.39, 0.29) is 81.1 Å². The Morgan fingerprint density at radius 2 is 0.953 bits per heavy atom. The lowest BCUT2D eigenvalue weighted by atomic mass is 10.1. The number of rotatable bonds is 14. The Morgan fingerprint density at radius 3 is 1.33 bits per heavy atom. The third kappa shape index (κ3) is 6.27. The van der Waals surface area contributed by atoms with Gasteiger partial charge in [0.1, 0.15) is 0 Å². The zero-order chi connectivity index (χ0) is 30.6. The van der Waals surface area contributed by atoms with E-state index in [2.05, 4.69) is 0 Å². The van der Waals surface area contributed by atoms with Crippen LogP contribution in [0.1, 0.15) is 47.0 Å². The van der Waals surface area contributed by atoms with Crippen LogP contribution in [0.15, 0.2) is 77.7 Å². The summed E-state index contributed by atoms with van der Waals surface area (Å²) in [7, 11) is -3.90. The smallest absolute Gasteiger partial charge is 0.261 e. The van der Waals surface area contributed by atoms with Gasteiger partial charge in [0.25, 0.3) is 23.6 Å². The number of carbonyl (C=O) groups is 4. The van der Waals surface area contributed by atoms with Gasteiger partial charge in [-0.2, -0.15) is 4.31 Å². The van der Waals surface area contributed by atoms with E-state index in [1.165, 1.54) is 16.4 Å². The van der Waals surface area contributed by atoms with E-state index in [0.29, 0.717) is 22.3 Å². The average molecular weight is 606 g/mol. The van der Waals surface area contributed by atoms with Crippen molar-refractivity contribution in [2.24, 2.45) is 0 Å². The van der Waals surface area contributed by atoms with Crippen LogP contribution in [-0.4, -0.2) is 98.8 Å². The van der Waals surface area contributed by atoms with Crippen LogP contribution in [0.3, 0.4) is 0 Å². The van der Waals surface area contributed by atoms with Gasteiger partial charge in [-0.1, -0.05) is 42.0 Å². The Hall–Kier alpha value is -4.23. The van der Waals surface area contributed by atoms with Crippen LogP contribution in [0.25, 0.3) is 0 Å². The van der Waals surface area contributed by atoms with Gasteiger partial charge < -0.3 is 9.47 Å². The summed E-state index contributed by atoms with van der Waals surface area (Å²) in [5.74, 6) is -1.53. The van der Waals surface area contributed by atoms with Crippen molar-refractivity contribution in [3.8, 4) is 0 Å². The highest BCUT2D eigenvalue weighted by Gasteiger charge is 2.35. The molecule has 0 aromatic heterocycles. The molecule has 43 heavy (non-hydrogen) atoms. The van der Waals surface area contributed by atoms with Gasteiger partial charge in [0.15, 0.2) is 0 Å². The average Bonchev–Trinajstić information content (AvgIpc) is 3.40. The van der Waals surface area contributed by atoms with E-state index in [0.717, 1.165) is 15.4 Å². The van der Waals surface area contributed by atoms with Crippen molar-refractivity contribution in [2.45, 2.75) is 11.8 Å². The Balaban J connectivity index is 1.13. The van der Waals surface area contributed by atoms with Crippen LogP contribution in [-0.2, 0) is 19.5 Å². The molecule has 0 radical (unpaired) electrons. The number of amides is 4. The first-order chi connectivity index (χ1) is 20.7. The molecule has 0 saturated heterocycles. The van der Waals surface area contributed by atoms with Crippen molar-refractivity contribution in [1.29, 1.82) is 0 Å². The van der Waals surface area contributed by atoms with Gasteiger partial charge in [0.05, 0.1) is 66.7 Å². The van der Waals surface area contributed by atoms with Gasteiger partial charge in [0, 0.05) is 13.1 Å². The minimum atomic E-state index is -3.90. The van der Waals surface area contributed by atoms with Crippen LogP contribution in [0, 0.1) is 6.92 Å². The highest BCUT2D eigenvalue weighted by molar-refractivity contribution is 7.89. The number of fused-ring (bicyclic) bond motifs is 2. The Kier molecular flexibility index (Phi) is 9.11. The largest absolute Gasteiger partial charge is 0.378 e. The molecular weight excluding hydrogens is 574 g/mol. The molecule has 4 amide bonds. The number of imide groups is 2. The summed E-state index contributed by atoms with van der Waals surface area (Å²) in [5.41, 5.74) is 2.33. The zero-order valence-corrected chi connectivity index (χ0v) is 24.4. The normalized spacial score (nSPS) is 14.7.